The molecule has 78 valence electrons. The molecule has 0 bridgehead atoms. The predicted octanol–water partition coefficient (Wildman–Crippen LogP) is 3.16. The monoisotopic (exact) mass is 240 g/mol. The van der Waals surface area contributed by atoms with Crippen molar-refractivity contribution < 1.29 is 4.39 Å². The van der Waals surface area contributed by atoms with Crippen LogP contribution in [-0.2, 0) is 5.75 Å². The van der Waals surface area contributed by atoms with Crippen molar-refractivity contribution in [1.82, 2.24) is 4.98 Å². The van der Waals surface area contributed by atoms with Crippen LogP contribution in [0.3, 0.4) is 0 Å². The van der Waals surface area contributed by atoms with Crippen LogP contribution in [0.1, 0.15) is 5.01 Å². The lowest BCUT2D eigenvalue weighted by Crippen LogP contribution is -1.88. The quantitative estimate of drug-likeness (QED) is 0.661. The normalized spacial score (nSPS) is 10.5. The molecule has 0 saturated carbocycles. The molecule has 0 radical (unpaired) electrons. The number of halogens is 1. The second kappa shape index (κ2) is 4.63. The molecule has 2 nitrogen and oxygen atoms in total. The summed E-state index contributed by atoms with van der Waals surface area (Å²) in [6.45, 7) is 0. The first-order chi connectivity index (χ1) is 7.25. The van der Waals surface area contributed by atoms with Crippen molar-refractivity contribution in [3.8, 4) is 0 Å². The average molecular weight is 240 g/mol. The van der Waals surface area contributed by atoms with E-state index in [4.69, 9.17) is 5.73 Å². The first-order valence-electron chi connectivity index (χ1n) is 4.32. The van der Waals surface area contributed by atoms with E-state index < -0.39 is 0 Å². The third-order valence-electron chi connectivity index (χ3n) is 1.79. The number of hydrogen-bond donors (Lipinski definition) is 1. The number of nitrogen functional groups attached to an aromatic ring is 1. The van der Waals surface area contributed by atoms with Crippen LogP contribution in [0.2, 0.25) is 0 Å². The molecule has 0 saturated heterocycles. The van der Waals surface area contributed by atoms with Gasteiger partial charge >= 0.3 is 0 Å². The standard InChI is InChI=1S/C10H9FN2S2/c11-8-5-7(12)1-2-9(8)15-6-10-13-3-4-14-10/h1-5H,6,12H2. The summed E-state index contributed by atoms with van der Waals surface area (Å²) in [5, 5.41) is 2.91. The Morgan fingerprint density at radius 2 is 2.33 bits per heavy atom. The molecular weight excluding hydrogens is 231 g/mol. The van der Waals surface area contributed by atoms with Crippen LogP contribution >= 0.6 is 23.1 Å². The van der Waals surface area contributed by atoms with E-state index in [0.717, 1.165) is 5.01 Å². The van der Waals surface area contributed by atoms with Crippen molar-refractivity contribution in [1.29, 1.82) is 0 Å². The summed E-state index contributed by atoms with van der Waals surface area (Å²) in [6.07, 6.45) is 1.75. The molecule has 0 spiro atoms. The zero-order valence-corrected chi connectivity index (χ0v) is 9.45. The third kappa shape index (κ3) is 2.70. The second-order valence-electron chi connectivity index (χ2n) is 2.90. The summed E-state index contributed by atoms with van der Waals surface area (Å²) < 4.78 is 13.4. The van der Waals surface area contributed by atoms with Crippen LogP contribution in [0, 0.1) is 5.82 Å². The molecule has 15 heavy (non-hydrogen) atoms. The van der Waals surface area contributed by atoms with E-state index in [-0.39, 0.29) is 5.82 Å². The summed E-state index contributed by atoms with van der Waals surface area (Å²) in [5.41, 5.74) is 5.91. The van der Waals surface area contributed by atoms with Crippen molar-refractivity contribution in [3.63, 3.8) is 0 Å². The van der Waals surface area contributed by atoms with Crippen LogP contribution < -0.4 is 5.73 Å². The summed E-state index contributed by atoms with van der Waals surface area (Å²) in [4.78, 5) is 4.74. The number of anilines is 1. The second-order valence-corrected chi connectivity index (χ2v) is 4.90. The topological polar surface area (TPSA) is 38.9 Å². The molecule has 0 fully saturated rings. The lowest BCUT2D eigenvalue weighted by molar-refractivity contribution is 0.603. The minimum Gasteiger partial charge on any atom is -0.399 e. The zero-order chi connectivity index (χ0) is 10.7. The fourth-order valence-electron chi connectivity index (χ4n) is 1.10. The number of rotatable bonds is 3. The fourth-order valence-corrected chi connectivity index (χ4v) is 2.66. The van der Waals surface area contributed by atoms with E-state index in [1.54, 1.807) is 29.7 Å². The number of hydrogen-bond acceptors (Lipinski definition) is 4. The zero-order valence-electron chi connectivity index (χ0n) is 7.81. The van der Waals surface area contributed by atoms with Crippen molar-refractivity contribution in [2.24, 2.45) is 0 Å². The van der Waals surface area contributed by atoms with Crippen molar-refractivity contribution >= 4 is 28.8 Å². The number of thioether (sulfide) groups is 1. The van der Waals surface area contributed by atoms with E-state index >= 15 is 0 Å². The van der Waals surface area contributed by atoms with Gasteiger partial charge in [-0.05, 0) is 18.2 Å². The molecule has 0 amide bonds. The molecule has 2 rings (SSSR count). The Labute approximate surface area is 95.3 Å². The Kier molecular flexibility index (Phi) is 3.23. The predicted molar refractivity (Wildman–Crippen MR) is 62.5 cm³/mol. The van der Waals surface area contributed by atoms with Gasteiger partial charge in [-0.25, -0.2) is 9.37 Å². The van der Waals surface area contributed by atoms with Crippen molar-refractivity contribution in [2.75, 3.05) is 5.73 Å². The summed E-state index contributed by atoms with van der Waals surface area (Å²) in [7, 11) is 0. The maximum Gasteiger partial charge on any atom is 0.138 e. The highest BCUT2D eigenvalue weighted by Crippen LogP contribution is 2.27. The highest BCUT2D eigenvalue weighted by atomic mass is 32.2. The van der Waals surface area contributed by atoms with Gasteiger partial charge in [0.2, 0.25) is 0 Å². The van der Waals surface area contributed by atoms with Crippen molar-refractivity contribution in [3.05, 3.63) is 40.6 Å². The lowest BCUT2D eigenvalue weighted by atomic mass is 10.3. The maximum atomic E-state index is 13.4. The van der Waals surface area contributed by atoms with Gasteiger partial charge in [-0.3, -0.25) is 0 Å². The molecular formula is C10H9FN2S2. The van der Waals surface area contributed by atoms with Crippen LogP contribution in [0.4, 0.5) is 10.1 Å². The van der Waals surface area contributed by atoms with Gasteiger partial charge in [0.25, 0.3) is 0 Å². The molecule has 5 heteroatoms. The minimum atomic E-state index is -0.267. The van der Waals surface area contributed by atoms with E-state index in [9.17, 15) is 4.39 Å². The molecule has 0 aliphatic rings. The van der Waals surface area contributed by atoms with Gasteiger partial charge < -0.3 is 5.73 Å². The van der Waals surface area contributed by atoms with Gasteiger partial charge in [-0.15, -0.1) is 23.1 Å². The maximum absolute atomic E-state index is 13.4. The number of aromatic nitrogens is 1. The summed E-state index contributed by atoms with van der Waals surface area (Å²) in [5.74, 6) is 0.426. The van der Waals surface area contributed by atoms with E-state index in [2.05, 4.69) is 4.98 Å². The Bertz CT molecular complexity index is 443. The van der Waals surface area contributed by atoms with Gasteiger partial charge in [-0.2, -0.15) is 0 Å². The number of benzene rings is 1. The van der Waals surface area contributed by atoms with Gasteiger partial charge in [0.1, 0.15) is 10.8 Å². The molecule has 0 atom stereocenters. The Morgan fingerprint density at radius 3 is 3.00 bits per heavy atom. The Hall–Kier alpha value is -1.07. The molecule has 2 aromatic rings. The van der Waals surface area contributed by atoms with Gasteiger partial charge in [0.15, 0.2) is 0 Å². The molecule has 0 aliphatic heterocycles. The van der Waals surface area contributed by atoms with E-state index in [0.29, 0.717) is 16.3 Å². The number of nitrogens with zero attached hydrogens (tertiary/aromatic N) is 1. The molecule has 2 N–H and O–H groups in total. The average Bonchev–Trinajstić information content (AvgIpc) is 2.69. The van der Waals surface area contributed by atoms with Gasteiger partial charge in [0, 0.05) is 22.2 Å². The fraction of sp³-hybridized carbons (Fsp3) is 0.100. The highest BCUT2D eigenvalue weighted by Gasteiger charge is 2.04. The molecule has 1 aromatic heterocycles. The molecule has 1 heterocycles. The van der Waals surface area contributed by atoms with Gasteiger partial charge in [0.05, 0.1) is 5.75 Å². The lowest BCUT2D eigenvalue weighted by Gasteiger charge is -2.02. The molecule has 0 unspecified atom stereocenters. The highest BCUT2D eigenvalue weighted by molar-refractivity contribution is 7.98. The number of thiazole rings is 1. The van der Waals surface area contributed by atoms with Crippen LogP contribution in [-0.4, -0.2) is 4.98 Å². The van der Waals surface area contributed by atoms with Gasteiger partial charge in [-0.1, -0.05) is 0 Å². The summed E-state index contributed by atoms with van der Waals surface area (Å²) in [6, 6.07) is 4.74. The van der Waals surface area contributed by atoms with Crippen molar-refractivity contribution in [2.45, 2.75) is 10.6 Å². The van der Waals surface area contributed by atoms with Crippen LogP contribution in [0.5, 0.6) is 0 Å². The SMILES string of the molecule is Nc1ccc(SCc2nccs2)c(F)c1. The minimum absolute atomic E-state index is 0.267. The van der Waals surface area contributed by atoms with Crippen LogP contribution in [0.15, 0.2) is 34.7 Å². The van der Waals surface area contributed by atoms with E-state index in [1.807, 2.05) is 5.38 Å². The first-order valence-corrected chi connectivity index (χ1v) is 6.18. The molecule has 1 aromatic carbocycles. The largest absolute Gasteiger partial charge is 0.399 e. The Morgan fingerprint density at radius 1 is 1.47 bits per heavy atom. The first kappa shape index (κ1) is 10.4. The number of nitrogens with two attached hydrogens (primary N) is 1. The molecule has 0 aliphatic carbocycles. The van der Waals surface area contributed by atoms with Crippen LogP contribution in [0.25, 0.3) is 0 Å². The Balaban J connectivity index is 2.05. The smallest absolute Gasteiger partial charge is 0.138 e. The summed E-state index contributed by atoms with van der Waals surface area (Å²) >= 11 is 3.00. The third-order valence-corrected chi connectivity index (χ3v) is 3.81. The van der Waals surface area contributed by atoms with E-state index in [1.165, 1.54) is 17.8 Å².